The van der Waals surface area contributed by atoms with Crippen molar-refractivity contribution < 1.29 is 4.39 Å². The van der Waals surface area contributed by atoms with Crippen LogP contribution in [0.15, 0.2) is 11.1 Å². The molecular formula is C4H8FP. The van der Waals surface area contributed by atoms with Gasteiger partial charge in [0, 0.05) is 0 Å². The molecule has 0 bridgehead atoms. The maximum absolute atomic E-state index is 11.7. The maximum atomic E-state index is 11.7. The SMILES string of the molecule is C/C(F)=C(/C)P. The van der Waals surface area contributed by atoms with Gasteiger partial charge in [0.15, 0.2) is 0 Å². The van der Waals surface area contributed by atoms with Crippen LogP contribution < -0.4 is 0 Å². The monoisotopic (exact) mass is 106 g/mol. The van der Waals surface area contributed by atoms with Crippen molar-refractivity contribution >= 4 is 9.24 Å². The molecule has 0 N–H and O–H groups in total. The summed E-state index contributed by atoms with van der Waals surface area (Å²) in [7, 11) is 2.28. The maximum Gasteiger partial charge on any atom is 0.0997 e. The Labute approximate surface area is 39.6 Å². The van der Waals surface area contributed by atoms with Crippen LogP contribution in [0.3, 0.4) is 0 Å². The third kappa shape index (κ3) is 2.34. The van der Waals surface area contributed by atoms with E-state index in [-0.39, 0.29) is 5.83 Å². The van der Waals surface area contributed by atoms with Crippen LogP contribution in [0.2, 0.25) is 0 Å². The zero-order valence-electron chi connectivity index (χ0n) is 3.96. The first-order valence-electron chi connectivity index (χ1n) is 1.73. The summed E-state index contributed by atoms with van der Waals surface area (Å²) in [5, 5.41) is 0.676. The van der Waals surface area contributed by atoms with Gasteiger partial charge in [-0.05, 0) is 19.2 Å². The summed E-state index contributed by atoms with van der Waals surface area (Å²) < 4.78 is 11.7. The molecule has 0 aliphatic rings. The van der Waals surface area contributed by atoms with Crippen molar-refractivity contribution in [2.24, 2.45) is 0 Å². The molecule has 2 heteroatoms. The zero-order chi connectivity index (χ0) is 5.15. The molecule has 0 radical (unpaired) electrons. The van der Waals surface area contributed by atoms with Gasteiger partial charge in [0.05, 0.1) is 5.83 Å². The van der Waals surface area contributed by atoms with Crippen molar-refractivity contribution in [1.82, 2.24) is 0 Å². The molecule has 0 saturated carbocycles. The number of halogens is 1. The van der Waals surface area contributed by atoms with Crippen molar-refractivity contribution in [3.8, 4) is 0 Å². The fourth-order valence-electron chi connectivity index (χ4n) is 0. The number of allylic oxidation sites excluding steroid dienone is 2. The Kier molecular flexibility index (Phi) is 2.34. The van der Waals surface area contributed by atoms with Crippen molar-refractivity contribution in [3.63, 3.8) is 0 Å². The zero-order valence-corrected chi connectivity index (χ0v) is 5.11. The molecule has 36 valence electrons. The van der Waals surface area contributed by atoms with Crippen molar-refractivity contribution in [2.45, 2.75) is 13.8 Å². The molecule has 0 aromatic heterocycles. The van der Waals surface area contributed by atoms with E-state index >= 15 is 0 Å². The molecule has 0 fully saturated rings. The van der Waals surface area contributed by atoms with Crippen LogP contribution in [0.4, 0.5) is 4.39 Å². The van der Waals surface area contributed by atoms with Gasteiger partial charge in [0.1, 0.15) is 0 Å². The molecule has 0 heterocycles. The Hall–Kier alpha value is 0.100. The highest BCUT2D eigenvalue weighted by atomic mass is 31.0. The molecule has 0 nitrogen and oxygen atoms in total. The molecule has 1 unspecified atom stereocenters. The lowest BCUT2D eigenvalue weighted by molar-refractivity contribution is 0.635. The lowest BCUT2D eigenvalue weighted by atomic mass is 10.5. The first kappa shape index (κ1) is 6.10. The quantitative estimate of drug-likeness (QED) is 0.415. The highest BCUT2D eigenvalue weighted by molar-refractivity contribution is 7.22. The van der Waals surface area contributed by atoms with Crippen LogP contribution >= 0.6 is 9.24 Å². The van der Waals surface area contributed by atoms with Gasteiger partial charge in [-0.15, -0.1) is 9.24 Å². The summed E-state index contributed by atoms with van der Waals surface area (Å²) in [6.07, 6.45) is 0. The Morgan fingerprint density at radius 2 is 1.67 bits per heavy atom. The largest absolute Gasteiger partial charge is 0.212 e. The third-order valence-corrected chi connectivity index (χ3v) is 0.941. The third-order valence-electron chi connectivity index (χ3n) is 0.543. The normalized spacial score (nSPS) is 14.0. The topological polar surface area (TPSA) is 0 Å². The van der Waals surface area contributed by atoms with Crippen molar-refractivity contribution in [3.05, 3.63) is 11.1 Å². The Morgan fingerprint density at radius 1 is 1.50 bits per heavy atom. The Balaban J connectivity index is 3.68. The second-order valence-corrected chi connectivity index (χ2v) is 2.08. The van der Waals surface area contributed by atoms with E-state index in [2.05, 4.69) is 9.24 Å². The summed E-state index contributed by atoms with van der Waals surface area (Å²) in [5.41, 5.74) is 0. The predicted molar refractivity (Wildman–Crippen MR) is 29.2 cm³/mol. The van der Waals surface area contributed by atoms with Gasteiger partial charge in [0.25, 0.3) is 0 Å². The van der Waals surface area contributed by atoms with Gasteiger partial charge in [-0.25, -0.2) is 4.39 Å². The van der Waals surface area contributed by atoms with Gasteiger partial charge in [0.2, 0.25) is 0 Å². The van der Waals surface area contributed by atoms with Crippen LogP contribution in [0.1, 0.15) is 13.8 Å². The van der Waals surface area contributed by atoms with Crippen molar-refractivity contribution in [2.75, 3.05) is 0 Å². The minimum absolute atomic E-state index is 0.111. The second kappa shape index (κ2) is 2.30. The summed E-state index contributed by atoms with van der Waals surface area (Å²) >= 11 is 0. The number of hydrogen-bond acceptors (Lipinski definition) is 0. The first-order chi connectivity index (χ1) is 2.64. The highest BCUT2D eigenvalue weighted by Gasteiger charge is 1.81. The van der Waals surface area contributed by atoms with Gasteiger partial charge in [-0.3, -0.25) is 0 Å². The van der Waals surface area contributed by atoms with Gasteiger partial charge >= 0.3 is 0 Å². The van der Waals surface area contributed by atoms with E-state index in [0.29, 0.717) is 5.31 Å². The summed E-state index contributed by atoms with van der Waals surface area (Å²) in [4.78, 5) is 0. The molecule has 1 atom stereocenters. The van der Waals surface area contributed by atoms with Crippen LogP contribution in [0.25, 0.3) is 0 Å². The minimum Gasteiger partial charge on any atom is -0.212 e. The van der Waals surface area contributed by atoms with Crippen LogP contribution in [-0.4, -0.2) is 0 Å². The number of rotatable bonds is 0. The van der Waals surface area contributed by atoms with Crippen molar-refractivity contribution in [1.29, 1.82) is 0 Å². The standard InChI is InChI=1S/C4H8FP/c1-3(5)4(2)6/h6H2,1-2H3/b4-3+. The van der Waals surface area contributed by atoms with Crippen LogP contribution in [0, 0.1) is 0 Å². The van der Waals surface area contributed by atoms with E-state index in [1.54, 1.807) is 6.92 Å². The molecule has 0 saturated heterocycles. The lowest BCUT2D eigenvalue weighted by Crippen LogP contribution is -1.58. The summed E-state index contributed by atoms with van der Waals surface area (Å²) in [5.74, 6) is -0.111. The molecule has 0 aliphatic heterocycles. The molecular weight excluding hydrogens is 98.0 g/mol. The van der Waals surface area contributed by atoms with Gasteiger partial charge in [-0.1, -0.05) is 0 Å². The smallest absolute Gasteiger partial charge is 0.0997 e. The summed E-state index contributed by atoms with van der Waals surface area (Å²) in [6.45, 7) is 3.14. The van der Waals surface area contributed by atoms with E-state index in [1.165, 1.54) is 6.92 Å². The van der Waals surface area contributed by atoms with E-state index in [4.69, 9.17) is 0 Å². The molecule has 0 amide bonds. The average Bonchev–Trinajstić information content (AvgIpc) is 1.36. The molecule has 0 aromatic rings. The average molecular weight is 106 g/mol. The van der Waals surface area contributed by atoms with Crippen LogP contribution in [0.5, 0.6) is 0 Å². The Bertz CT molecular complexity index is 57.6. The summed E-state index contributed by atoms with van der Waals surface area (Å²) in [6, 6.07) is 0. The van der Waals surface area contributed by atoms with Crippen LogP contribution in [-0.2, 0) is 0 Å². The molecule has 0 aliphatic carbocycles. The van der Waals surface area contributed by atoms with E-state index in [9.17, 15) is 4.39 Å². The lowest BCUT2D eigenvalue weighted by Gasteiger charge is -1.83. The molecule has 0 rings (SSSR count). The van der Waals surface area contributed by atoms with E-state index in [1.807, 2.05) is 0 Å². The number of hydrogen-bond donors (Lipinski definition) is 0. The fourth-order valence-corrected chi connectivity index (χ4v) is 0. The predicted octanol–water partition coefficient (Wildman–Crippen LogP) is 2.08. The first-order valence-corrected chi connectivity index (χ1v) is 2.31. The molecule has 0 aromatic carbocycles. The van der Waals surface area contributed by atoms with Gasteiger partial charge < -0.3 is 0 Å². The fraction of sp³-hybridized carbons (Fsp3) is 0.500. The van der Waals surface area contributed by atoms with E-state index in [0.717, 1.165) is 0 Å². The Morgan fingerprint density at radius 3 is 1.67 bits per heavy atom. The molecule has 0 spiro atoms. The minimum atomic E-state index is -0.111. The molecule has 6 heavy (non-hydrogen) atoms. The second-order valence-electron chi connectivity index (χ2n) is 1.22. The highest BCUT2D eigenvalue weighted by Crippen LogP contribution is 2.09. The van der Waals surface area contributed by atoms with Gasteiger partial charge in [-0.2, -0.15) is 0 Å². The van der Waals surface area contributed by atoms with E-state index < -0.39 is 0 Å².